The van der Waals surface area contributed by atoms with Crippen LogP contribution in [0.3, 0.4) is 0 Å². The number of hydrogen-bond acceptors (Lipinski definition) is 5. The van der Waals surface area contributed by atoms with Crippen molar-refractivity contribution in [2.45, 2.75) is 18.7 Å². The van der Waals surface area contributed by atoms with Crippen LogP contribution in [0.4, 0.5) is 0 Å². The molecule has 0 amide bonds. The number of hydrogen-bond donors (Lipinski definition) is 1. The third-order valence-corrected chi connectivity index (χ3v) is 5.65. The first-order valence-electron chi connectivity index (χ1n) is 5.85. The van der Waals surface area contributed by atoms with Crippen LogP contribution in [0.2, 0.25) is 0 Å². The quantitative estimate of drug-likeness (QED) is 0.940. The summed E-state index contributed by atoms with van der Waals surface area (Å²) in [5, 5.41) is 1.94. The lowest BCUT2D eigenvalue weighted by Crippen LogP contribution is -2.07. The molecule has 0 aliphatic carbocycles. The molecule has 0 bridgehead atoms. The van der Waals surface area contributed by atoms with E-state index >= 15 is 0 Å². The van der Waals surface area contributed by atoms with E-state index in [9.17, 15) is 8.42 Å². The molecule has 102 valence electrons. The first-order valence-corrected chi connectivity index (χ1v) is 8.69. The highest BCUT2D eigenvalue weighted by Crippen LogP contribution is 2.29. The lowest BCUT2D eigenvalue weighted by Gasteiger charge is -2.04. The molecule has 0 saturated heterocycles. The van der Waals surface area contributed by atoms with Crippen molar-refractivity contribution in [2.75, 3.05) is 6.26 Å². The molecule has 1 atom stereocenters. The maximum absolute atomic E-state index is 11.5. The van der Waals surface area contributed by atoms with Gasteiger partial charge in [0.15, 0.2) is 9.84 Å². The molecule has 0 fully saturated rings. The van der Waals surface area contributed by atoms with E-state index in [1.54, 1.807) is 6.92 Å². The minimum atomic E-state index is -3.11. The third-order valence-electron chi connectivity index (χ3n) is 2.97. The second kappa shape index (κ2) is 5.40. The van der Waals surface area contributed by atoms with E-state index in [0.717, 1.165) is 16.8 Å². The van der Waals surface area contributed by atoms with Crippen molar-refractivity contribution in [1.82, 2.24) is 4.98 Å². The van der Waals surface area contributed by atoms with Crippen LogP contribution < -0.4 is 5.73 Å². The molecule has 2 rings (SSSR count). The van der Waals surface area contributed by atoms with Crippen molar-refractivity contribution in [1.29, 1.82) is 0 Å². The van der Waals surface area contributed by atoms with Gasteiger partial charge in [0.05, 0.1) is 5.69 Å². The summed E-state index contributed by atoms with van der Waals surface area (Å²) in [4.78, 5) is 4.42. The molecular weight excluding hydrogens is 280 g/mol. The number of benzene rings is 1. The number of thiazole rings is 1. The Labute approximate surface area is 117 Å². The van der Waals surface area contributed by atoms with Gasteiger partial charge in [-0.2, -0.15) is 0 Å². The number of rotatable bonds is 4. The van der Waals surface area contributed by atoms with E-state index in [1.165, 1.54) is 17.6 Å². The van der Waals surface area contributed by atoms with Crippen molar-refractivity contribution in [2.24, 2.45) is 5.73 Å². The normalized spacial score (nSPS) is 13.4. The second-order valence-corrected chi connectivity index (χ2v) is 7.70. The van der Waals surface area contributed by atoms with Gasteiger partial charge in [-0.1, -0.05) is 18.2 Å². The zero-order chi connectivity index (χ0) is 14.0. The van der Waals surface area contributed by atoms with Gasteiger partial charge in [-0.15, -0.1) is 11.3 Å². The third kappa shape index (κ3) is 3.20. The van der Waals surface area contributed by atoms with E-state index in [1.807, 2.05) is 29.6 Å². The van der Waals surface area contributed by atoms with Crippen LogP contribution in [-0.2, 0) is 16.4 Å². The number of nitrogens with zero attached hydrogens (tertiary/aromatic N) is 1. The van der Waals surface area contributed by atoms with Crippen LogP contribution in [0.15, 0.2) is 29.6 Å². The summed E-state index contributed by atoms with van der Waals surface area (Å²) in [6.07, 6.45) is 1.23. The SMILES string of the molecule is CC(c1nc(-c2cccc(CN)c2)cs1)S(C)(=O)=O. The Morgan fingerprint density at radius 1 is 1.42 bits per heavy atom. The molecule has 0 spiro atoms. The molecule has 1 aromatic heterocycles. The molecule has 2 aromatic rings. The zero-order valence-electron chi connectivity index (χ0n) is 10.8. The van der Waals surface area contributed by atoms with Gasteiger partial charge in [0.25, 0.3) is 0 Å². The first-order chi connectivity index (χ1) is 8.91. The lowest BCUT2D eigenvalue weighted by molar-refractivity contribution is 0.592. The fourth-order valence-corrected chi connectivity index (χ4v) is 3.52. The van der Waals surface area contributed by atoms with Crippen LogP contribution in [-0.4, -0.2) is 19.7 Å². The summed E-state index contributed by atoms with van der Waals surface area (Å²) in [6, 6.07) is 7.81. The Kier molecular flexibility index (Phi) is 4.03. The standard InChI is InChI=1S/C13H16N2O2S2/c1-9(19(2,16)17)13-15-12(8-18-13)11-5-3-4-10(6-11)7-14/h3-6,8-9H,7,14H2,1-2H3. The summed E-state index contributed by atoms with van der Waals surface area (Å²) >= 11 is 1.37. The van der Waals surface area contributed by atoms with E-state index in [2.05, 4.69) is 4.98 Å². The van der Waals surface area contributed by atoms with Gasteiger partial charge < -0.3 is 5.73 Å². The maximum atomic E-state index is 11.5. The predicted molar refractivity (Wildman–Crippen MR) is 78.7 cm³/mol. The minimum absolute atomic E-state index is 0.477. The molecule has 4 nitrogen and oxygen atoms in total. The zero-order valence-corrected chi connectivity index (χ0v) is 12.5. The van der Waals surface area contributed by atoms with Crippen molar-refractivity contribution in [3.63, 3.8) is 0 Å². The summed E-state index contributed by atoms with van der Waals surface area (Å²) in [7, 11) is -3.11. The Balaban J connectivity index is 2.35. The van der Waals surface area contributed by atoms with Gasteiger partial charge in [-0.3, -0.25) is 0 Å². The average molecular weight is 296 g/mol. The van der Waals surface area contributed by atoms with Crippen LogP contribution in [0.5, 0.6) is 0 Å². The monoisotopic (exact) mass is 296 g/mol. The Bertz CT molecular complexity index is 677. The summed E-state index contributed by atoms with van der Waals surface area (Å²) in [6.45, 7) is 2.14. The van der Waals surface area contributed by atoms with Crippen LogP contribution in [0.25, 0.3) is 11.3 Å². The van der Waals surface area contributed by atoms with Crippen molar-refractivity contribution < 1.29 is 8.42 Å². The van der Waals surface area contributed by atoms with Gasteiger partial charge in [-0.05, 0) is 18.6 Å². The van der Waals surface area contributed by atoms with Gasteiger partial charge in [0.2, 0.25) is 0 Å². The van der Waals surface area contributed by atoms with Gasteiger partial charge in [0.1, 0.15) is 10.3 Å². The van der Waals surface area contributed by atoms with Gasteiger partial charge in [-0.25, -0.2) is 13.4 Å². The van der Waals surface area contributed by atoms with Crippen molar-refractivity contribution in [3.05, 3.63) is 40.2 Å². The molecule has 19 heavy (non-hydrogen) atoms. The average Bonchev–Trinajstić information content (AvgIpc) is 2.86. The highest BCUT2D eigenvalue weighted by atomic mass is 32.2. The maximum Gasteiger partial charge on any atom is 0.156 e. The van der Waals surface area contributed by atoms with Gasteiger partial charge >= 0.3 is 0 Å². The van der Waals surface area contributed by atoms with E-state index < -0.39 is 15.1 Å². The smallest absolute Gasteiger partial charge is 0.156 e. The predicted octanol–water partition coefficient (Wildman–Crippen LogP) is 2.37. The largest absolute Gasteiger partial charge is 0.326 e. The molecule has 0 aliphatic heterocycles. The summed E-state index contributed by atoms with van der Waals surface area (Å²) < 4.78 is 23.1. The number of nitrogens with two attached hydrogens (primary N) is 1. The molecule has 2 N–H and O–H groups in total. The highest BCUT2D eigenvalue weighted by molar-refractivity contribution is 7.91. The first kappa shape index (κ1) is 14.2. The van der Waals surface area contributed by atoms with Crippen LogP contribution >= 0.6 is 11.3 Å². The molecule has 0 aliphatic rings. The molecule has 1 unspecified atom stereocenters. The Hall–Kier alpha value is -1.24. The summed E-state index contributed by atoms with van der Waals surface area (Å²) in [5.41, 5.74) is 8.40. The second-order valence-electron chi connectivity index (χ2n) is 4.45. The summed E-state index contributed by atoms with van der Waals surface area (Å²) in [5.74, 6) is 0. The number of aromatic nitrogens is 1. The van der Waals surface area contributed by atoms with Crippen LogP contribution in [0, 0.1) is 0 Å². The lowest BCUT2D eigenvalue weighted by atomic mass is 10.1. The molecular formula is C13H16N2O2S2. The fourth-order valence-electron chi connectivity index (χ4n) is 1.65. The molecule has 0 saturated carbocycles. The minimum Gasteiger partial charge on any atom is -0.326 e. The molecule has 0 radical (unpaired) electrons. The van der Waals surface area contributed by atoms with E-state index in [-0.39, 0.29) is 0 Å². The topological polar surface area (TPSA) is 73.0 Å². The van der Waals surface area contributed by atoms with Crippen molar-refractivity contribution >= 4 is 21.2 Å². The Morgan fingerprint density at radius 3 is 2.79 bits per heavy atom. The molecule has 1 heterocycles. The number of sulfone groups is 1. The van der Waals surface area contributed by atoms with E-state index in [0.29, 0.717) is 11.6 Å². The molecule has 6 heteroatoms. The van der Waals surface area contributed by atoms with Gasteiger partial charge in [0, 0.05) is 23.7 Å². The van der Waals surface area contributed by atoms with E-state index in [4.69, 9.17) is 5.73 Å². The highest BCUT2D eigenvalue weighted by Gasteiger charge is 2.20. The van der Waals surface area contributed by atoms with Crippen LogP contribution in [0.1, 0.15) is 22.7 Å². The van der Waals surface area contributed by atoms with Crippen molar-refractivity contribution in [3.8, 4) is 11.3 Å². The fraction of sp³-hybridized carbons (Fsp3) is 0.308. The molecule has 1 aromatic carbocycles. The Morgan fingerprint density at radius 2 is 2.16 bits per heavy atom.